The highest BCUT2D eigenvalue weighted by molar-refractivity contribution is 5.91. The molecule has 48 heavy (non-hydrogen) atoms. The zero-order valence-corrected chi connectivity index (χ0v) is 26.0. The average Bonchev–Trinajstić information content (AvgIpc) is 3.47. The maximum atomic E-state index is 6.56. The number of para-hydroxylation sites is 1. The van der Waals surface area contributed by atoms with Crippen LogP contribution in [0.5, 0.6) is 11.5 Å². The molecule has 1 aromatic heterocycles. The van der Waals surface area contributed by atoms with Crippen molar-refractivity contribution in [2.45, 2.75) is 5.41 Å². The first-order valence-corrected chi connectivity index (χ1v) is 16.3. The number of fused-ring (bicyclic) bond motifs is 6. The highest BCUT2D eigenvalue weighted by atomic mass is 16.5. The fourth-order valence-corrected chi connectivity index (χ4v) is 7.83. The number of nitrogens with zero attached hydrogens (tertiary/aromatic N) is 2. The lowest BCUT2D eigenvalue weighted by Crippen LogP contribution is -2.31. The Balaban J connectivity index is 1.16. The normalized spacial score (nSPS) is 15.3. The van der Waals surface area contributed by atoms with Gasteiger partial charge in [0.15, 0.2) is 5.82 Å². The van der Waals surface area contributed by atoms with Crippen LogP contribution in [0.3, 0.4) is 0 Å². The molecule has 2 heterocycles. The number of hydrogen-bond donors (Lipinski definition) is 0. The van der Waals surface area contributed by atoms with E-state index in [0.717, 1.165) is 45.1 Å². The molecule has 10 rings (SSSR count). The lowest BCUT2D eigenvalue weighted by atomic mass is 9.66. The number of aromatic nitrogens is 2. The summed E-state index contributed by atoms with van der Waals surface area (Å²) in [6, 6.07) is 60.0. The van der Waals surface area contributed by atoms with Gasteiger partial charge < -0.3 is 4.74 Å². The summed E-state index contributed by atoms with van der Waals surface area (Å²) in [4.78, 5) is 10.3. The summed E-state index contributed by atoms with van der Waals surface area (Å²) in [6.07, 6.45) is 0. The van der Waals surface area contributed by atoms with E-state index in [0.29, 0.717) is 5.82 Å². The van der Waals surface area contributed by atoms with E-state index in [1.807, 2.05) is 6.07 Å². The Morgan fingerprint density at radius 3 is 1.92 bits per heavy atom. The SMILES string of the molecule is c1ccc(-c2cc(-c3ccc4ccccc4c3)nc(-c3ccc(C45c6ccccc6Oc6cccc(c64)-c4ccccc45)cc3)n2)cc1. The lowest BCUT2D eigenvalue weighted by molar-refractivity contribution is 0.438. The van der Waals surface area contributed by atoms with Crippen LogP contribution in [-0.4, -0.2) is 9.97 Å². The van der Waals surface area contributed by atoms with Gasteiger partial charge in [0.25, 0.3) is 0 Å². The molecule has 0 spiro atoms. The van der Waals surface area contributed by atoms with Crippen LogP contribution in [0.2, 0.25) is 0 Å². The molecule has 1 aliphatic carbocycles. The Labute approximate surface area is 278 Å². The first kappa shape index (κ1) is 26.9. The maximum absolute atomic E-state index is 6.56. The molecule has 0 N–H and O–H groups in total. The maximum Gasteiger partial charge on any atom is 0.160 e. The molecule has 0 saturated heterocycles. The molecule has 3 heteroatoms. The molecule has 3 nitrogen and oxygen atoms in total. The predicted octanol–water partition coefficient (Wildman–Crippen LogP) is 11.1. The summed E-state index contributed by atoms with van der Waals surface area (Å²) in [5, 5.41) is 2.40. The number of hydrogen-bond acceptors (Lipinski definition) is 3. The minimum absolute atomic E-state index is 0.501. The molecule has 0 fully saturated rings. The standard InChI is InChI=1S/C45H28N2O/c1-2-12-30(13-3-1)39-28-40(33-22-21-29-11-4-5-14-32(29)27-33)47-44(46-39)31-23-25-34(26-24-31)45-37-17-7-6-15-35(37)36-16-10-20-42(43(36)45)48-41-19-9-8-18-38(41)45/h1-28H. The number of rotatable bonds is 4. The summed E-state index contributed by atoms with van der Waals surface area (Å²) >= 11 is 0. The van der Waals surface area contributed by atoms with Crippen molar-refractivity contribution in [1.29, 1.82) is 0 Å². The minimum Gasteiger partial charge on any atom is -0.457 e. The Morgan fingerprint density at radius 2 is 1.06 bits per heavy atom. The average molecular weight is 613 g/mol. The van der Waals surface area contributed by atoms with Crippen molar-refractivity contribution in [3.63, 3.8) is 0 Å². The van der Waals surface area contributed by atoms with Crippen LogP contribution in [0.25, 0.3) is 55.8 Å². The molecular weight excluding hydrogens is 585 g/mol. The van der Waals surface area contributed by atoms with Gasteiger partial charge in [0, 0.05) is 27.8 Å². The van der Waals surface area contributed by atoms with Gasteiger partial charge in [0.1, 0.15) is 11.5 Å². The van der Waals surface area contributed by atoms with Gasteiger partial charge in [-0.1, -0.05) is 146 Å². The number of ether oxygens (including phenoxy) is 1. The molecule has 224 valence electrons. The van der Waals surface area contributed by atoms with Crippen molar-refractivity contribution >= 4 is 10.8 Å². The summed E-state index contributed by atoms with van der Waals surface area (Å²) in [7, 11) is 0. The largest absolute Gasteiger partial charge is 0.457 e. The van der Waals surface area contributed by atoms with Crippen molar-refractivity contribution in [2.75, 3.05) is 0 Å². The van der Waals surface area contributed by atoms with Crippen molar-refractivity contribution in [2.24, 2.45) is 0 Å². The minimum atomic E-state index is -0.501. The van der Waals surface area contributed by atoms with E-state index in [9.17, 15) is 0 Å². The van der Waals surface area contributed by atoms with Crippen LogP contribution in [-0.2, 0) is 5.41 Å². The Bertz CT molecular complexity index is 2540. The zero-order valence-electron chi connectivity index (χ0n) is 26.0. The Morgan fingerprint density at radius 1 is 0.417 bits per heavy atom. The van der Waals surface area contributed by atoms with Crippen molar-refractivity contribution in [3.8, 4) is 56.5 Å². The lowest BCUT2D eigenvalue weighted by Gasteiger charge is -2.39. The van der Waals surface area contributed by atoms with E-state index < -0.39 is 5.41 Å². The van der Waals surface area contributed by atoms with Gasteiger partial charge in [-0.25, -0.2) is 9.97 Å². The fraction of sp³-hybridized carbons (Fsp3) is 0.0222. The van der Waals surface area contributed by atoms with E-state index in [1.54, 1.807) is 0 Å². The first-order chi connectivity index (χ1) is 23.8. The van der Waals surface area contributed by atoms with E-state index in [-0.39, 0.29) is 0 Å². The topological polar surface area (TPSA) is 35.0 Å². The van der Waals surface area contributed by atoms with E-state index in [4.69, 9.17) is 14.7 Å². The Kier molecular flexibility index (Phi) is 5.79. The van der Waals surface area contributed by atoms with Crippen molar-refractivity contribution < 1.29 is 4.74 Å². The third kappa shape index (κ3) is 3.88. The van der Waals surface area contributed by atoms with Gasteiger partial charge in [-0.05, 0) is 57.3 Å². The fourth-order valence-electron chi connectivity index (χ4n) is 7.83. The molecule has 2 aliphatic rings. The number of benzene rings is 7. The van der Waals surface area contributed by atoms with Crippen LogP contribution in [0, 0.1) is 0 Å². The van der Waals surface area contributed by atoms with Gasteiger partial charge in [-0.3, -0.25) is 0 Å². The second kappa shape index (κ2) is 10.3. The van der Waals surface area contributed by atoms with Crippen LogP contribution in [0.4, 0.5) is 0 Å². The summed E-state index contributed by atoms with van der Waals surface area (Å²) < 4.78 is 6.56. The first-order valence-electron chi connectivity index (χ1n) is 16.3. The van der Waals surface area contributed by atoms with Crippen molar-refractivity contribution in [3.05, 3.63) is 192 Å². The molecule has 1 unspecified atom stereocenters. The van der Waals surface area contributed by atoms with Gasteiger partial charge in [0.2, 0.25) is 0 Å². The molecular formula is C45H28N2O. The molecule has 0 radical (unpaired) electrons. The van der Waals surface area contributed by atoms with Crippen LogP contribution >= 0.6 is 0 Å². The molecule has 0 bridgehead atoms. The predicted molar refractivity (Wildman–Crippen MR) is 193 cm³/mol. The monoisotopic (exact) mass is 612 g/mol. The second-order valence-electron chi connectivity index (χ2n) is 12.5. The molecule has 0 saturated carbocycles. The smallest absolute Gasteiger partial charge is 0.160 e. The highest BCUT2D eigenvalue weighted by Gasteiger charge is 2.51. The summed E-state index contributed by atoms with van der Waals surface area (Å²) in [5.41, 5.74) is 11.7. The quantitative estimate of drug-likeness (QED) is 0.198. The third-order valence-corrected chi connectivity index (χ3v) is 9.95. The van der Waals surface area contributed by atoms with Crippen LogP contribution < -0.4 is 4.74 Å². The van der Waals surface area contributed by atoms with Gasteiger partial charge in [0.05, 0.1) is 16.8 Å². The highest BCUT2D eigenvalue weighted by Crippen LogP contribution is 2.63. The van der Waals surface area contributed by atoms with Crippen LogP contribution in [0.15, 0.2) is 170 Å². The molecule has 1 atom stereocenters. The second-order valence-corrected chi connectivity index (χ2v) is 12.5. The van der Waals surface area contributed by atoms with E-state index in [2.05, 4.69) is 164 Å². The Hall–Kier alpha value is -6.32. The van der Waals surface area contributed by atoms with Crippen molar-refractivity contribution in [1.82, 2.24) is 9.97 Å². The van der Waals surface area contributed by atoms with Gasteiger partial charge in [-0.2, -0.15) is 0 Å². The molecule has 7 aromatic carbocycles. The van der Waals surface area contributed by atoms with E-state index >= 15 is 0 Å². The zero-order chi connectivity index (χ0) is 31.7. The molecule has 8 aromatic rings. The molecule has 0 amide bonds. The van der Waals surface area contributed by atoms with Crippen LogP contribution in [0.1, 0.15) is 22.3 Å². The summed E-state index contributed by atoms with van der Waals surface area (Å²) in [6.45, 7) is 0. The molecule has 1 aliphatic heterocycles. The third-order valence-electron chi connectivity index (χ3n) is 9.95. The van der Waals surface area contributed by atoms with E-state index in [1.165, 1.54) is 38.6 Å². The summed E-state index contributed by atoms with van der Waals surface area (Å²) in [5.74, 6) is 2.50. The van der Waals surface area contributed by atoms with Gasteiger partial charge in [-0.15, -0.1) is 0 Å². The van der Waals surface area contributed by atoms with Gasteiger partial charge >= 0.3 is 0 Å².